The minimum atomic E-state index is 0.485. The Morgan fingerprint density at radius 2 is 2.38 bits per heavy atom. The van der Waals surface area contributed by atoms with Crippen LogP contribution < -0.4 is 4.74 Å². The molecule has 3 nitrogen and oxygen atoms in total. The minimum Gasteiger partial charge on any atom is -0.493 e. The Bertz CT molecular complexity index is 297. The van der Waals surface area contributed by atoms with Crippen LogP contribution in [-0.4, -0.2) is 17.3 Å². The minimum absolute atomic E-state index is 0.485. The van der Waals surface area contributed by atoms with Crippen LogP contribution in [0.1, 0.15) is 25.8 Å². The van der Waals surface area contributed by atoms with E-state index in [9.17, 15) is 0 Å². The summed E-state index contributed by atoms with van der Waals surface area (Å²) >= 11 is 0. The predicted molar refractivity (Wildman–Crippen MR) is 52.5 cm³/mol. The zero-order chi connectivity index (χ0) is 9.68. The Morgan fingerprint density at radius 3 is 3.00 bits per heavy atom. The average Bonchev–Trinajstić information content (AvgIpc) is 2.15. The molecule has 0 aliphatic heterocycles. The third-order valence-corrected chi connectivity index (χ3v) is 1.65. The molecule has 0 aliphatic carbocycles. The molecule has 0 amide bonds. The monoisotopic (exact) mass is 178 g/mol. The van der Waals surface area contributed by atoms with Gasteiger partial charge in [0, 0.05) is 18.1 Å². The highest BCUT2D eigenvalue weighted by molar-refractivity contribution is 5.98. The van der Waals surface area contributed by atoms with Crippen molar-refractivity contribution in [2.24, 2.45) is 0 Å². The van der Waals surface area contributed by atoms with Gasteiger partial charge in [-0.2, -0.15) is 0 Å². The largest absolute Gasteiger partial charge is 0.493 e. The average molecular weight is 178 g/mol. The van der Waals surface area contributed by atoms with Crippen molar-refractivity contribution < 1.29 is 4.74 Å². The molecule has 0 aliphatic rings. The van der Waals surface area contributed by atoms with Crippen molar-refractivity contribution in [1.82, 2.24) is 4.98 Å². The number of hydrogen-bond donors (Lipinski definition) is 1. The third-order valence-electron chi connectivity index (χ3n) is 1.65. The van der Waals surface area contributed by atoms with Gasteiger partial charge in [-0.1, -0.05) is 6.92 Å². The Labute approximate surface area is 78.3 Å². The molecule has 0 bridgehead atoms. The van der Waals surface area contributed by atoms with Crippen molar-refractivity contribution in [3.05, 3.63) is 24.0 Å². The summed E-state index contributed by atoms with van der Waals surface area (Å²) in [6.45, 7) is 4.47. The van der Waals surface area contributed by atoms with E-state index in [2.05, 4.69) is 11.9 Å². The summed E-state index contributed by atoms with van der Waals surface area (Å²) in [5.74, 6) is 0.754. The predicted octanol–water partition coefficient (Wildman–Crippen LogP) is 2.26. The van der Waals surface area contributed by atoms with Gasteiger partial charge in [0.15, 0.2) is 0 Å². The Morgan fingerprint density at radius 1 is 1.62 bits per heavy atom. The number of hydrogen-bond acceptors (Lipinski definition) is 3. The molecule has 0 atom stereocenters. The summed E-state index contributed by atoms with van der Waals surface area (Å²) in [5.41, 5.74) is 1.26. The van der Waals surface area contributed by atoms with Crippen molar-refractivity contribution in [2.75, 3.05) is 6.61 Å². The van der Waals surface area contributed by atoms with Gasteiger partial charge in [-0.25, -0.2) is 0 Å². The zero-order valence-electron chi connectivity index (χ0n) is 8.00. The molecule has 0 unspecified atom stereocenters. The standard InChI is InChI=1S/C10H14N2O/c1-3-6-13-10-4-5-12-7-9(10)8(2)11/h4-5,7,11H,3,6H2,1-2H3. The molecule has 1 aromatic heterocycles. The maximum Gasteiger partial charge on any atom is 0.131 e. The molecule has 1 N–H and O–H groups in total. The summed E-state index contributed by atoms with van der Waals surface area (Å²) in [6, 6.07) is 1.79. The van der Waals surface area contributed by atoms with Crippen molar-refractivity contribution in [2.45, 2.75) is 20.3 Å². The van der Waals surface area contributed by atoms with Crippen molar-refractivity contribution in [3.8, 4) is 5.75 Å². The quantitative estimate of drug-likeness (QED) is 0.719. The van der Waals surface area contributed by atoms with Crippen LogP contribution in [0.3, 0.4) is 0 Å². The van der Waals surface area contributed by atoms with E-state index < -0.39 is 0 Å². The van der Waals surface area contributed by atoms with Gasteiger partial charge in [0.2, 0.25) is 0 Å². The number of aromatic nitrogens is 1. The number of ether oxygens (including phenoxy) is 1. The molecule has 0 aromatic carbocycles. The molecule has 0 fully saturated rings. The zero-order valence-corrected chi connectivity index (χ0v) is 8.00. The molecule has 3 heteroatoms. The van der Waals surface area contributed by atoms with Gasteiger partial charge in [-0.3, -0.25) is 4.98 Å². The molecule has 0 saturated carbocycles. The topological polar surface area (TPSA) is 46.0 Å². The van der Waals surface area contributed by atoms with Crippen LogP contribution >= 0.6 is 0 Å². The van der Waals surface area contributed by atoms with Crippen LogP contribution in [0.15, 0.2) is 18.5 Å². The van der Waals surface area contributed by atoms with Gasteiger partial charge in [0.05, 0.1) is 12.2 Å². The lowest BCUT2D eigenvalue weighted by Gasteiger charge is -2.08. The number of nitrogens with zero attached hydrogens (tertiary/aromatic N) is 1. The van der Waals surface area contributed by atoms with E-state index in [1.54, 1.807) is 25.4 Å². The second-order valence-electron chi connectivity index (χ2n) is 2.85. The van der Waals surface area contributed by atoms with Gasteiger partial charge >= 0.3 is 0 Å². The van der Waals surface area contributed by atoms with Crippen LogP contribution in [-0.2, 0) is 0 Å². The fourth-order valence-electron chi connectivity index (χ4n) is 1.00. The van der Waals surface area contributed by atoms with Crippen molar-refractivity contribution >= 4 is 5.71 Å². The molecule has 70 valence electrons. The van der Waals surface area contributed by atoms with Gasteiger partial charge in [0.1, 0.15) is 5.75 Å². The highest BCUT2D eigenvalue weighted by Gasteiger charge is 2.04. The summed E-state index contributed by atoms with van der Waals surface area (Å²) in [7, 11) is 0. The molecule has 1 rings (SSSR count). The maximum absolute atomic E-state index is 7.49. The van der Waals surface area contributed by atoms with Crippen LogP contribution in [0.2, 0.25) is 0 Å². The smallest absolute Gasteiger partial charge is 0.131 e. The first kappa shape index (κ1) is 9.71. The first-order chi connectivity index (χ1) is 6.25. The number of pyridine rings is 1. The van der Waals surface area contributed by atoms with E-state index in [1.165, 1.54) is 0 Å². The van der Waals surface area contributed by atoms with Gasteiger partial charge in [-0.15, -0.1) is 0 Å². The lowest BCUT2D eigenvalue weighted by Crippen LogP contribution is -2.02. The van der Waals surface area contributed by atoms with E-state index in [0.29, 0.717) is 12.3 Å². The van der Waals surface area contributed by atoms with Crippen LogP contribution in [0.25, 0.3) is 0 Å². The van der Waals surface area contributed by atoms with Crippen molar-refractivity contribution in [1.29, 1.82) is 5.41 Å². The Kier molecular flexibility index (Phi) is 3.43. The Balaban J connectivity index is 2.84. The number of nitrogens with one attached hydrogen (secondary N) is 1. The second-order valence-corrected chi connectivity index (χ2v) is 2.85. The van der Waals surface area contributed by atoms with Crippen LogP contribution in [0.4, 0.5) is 0 Å². The summed E-state index contributed by atoms with van der Waals surface area (Å²) in [5, 5.41) is 7.49. The van der Waals surface area contributed by atoms with Gasteiger partial charge in [0.25, 0.3) is 0 Å². The lowest BCUT2D eigenvalue weighted by atomic mass is 10.2. The highest BCUT2D eigenvalue weighted by Crippen LogP contribution is 2.16. The number of rotatable bonds is 4. The molecule has 1 heterocycles. The first-order valence-electron chi connectivity index (χ1n) is 4.38. The normalized spacial score (nSPS) is 9.69. The fraction of sp³-hybridized carbons (Fsp3) is 0.400. The van der Waals surface area contributed by atoms with E-state index in [0.717, 1.165) is 17.7 Å². The third kappa shape index (κ3) is 2.54. The van der Waals surface area contributed by atoms with E-state index in [4.69, 9.17) is 10.1 Å². The summed E-state index contributed by atoms with van der Waals surface area (Å²) in [6.07, 6.45) is 4.31. The van der Waals surface area contributed by atoms with E-state index in [-0.39, 0.29) is 0 Å². The first-order valence-corrected chi connectivity index (χ1v) is 4.38. The fourth-order valence-corrected chi connectivity index (χ4v) is 1.00. The molecular formula is C10H14N2O. The van der Waals surface area contributed by atoms with Crippen molar-refractivity contribution in [3.63, 3.8) is 0 Å². The van der Waals surface area contributed by atoms with Crippen LogP contribution in [0.5, 0.6) is 5.75 Å². The molecule has 0 spiro atoms. The molecule has 1 aromatic rings. The maximum atomic E-state index is 7.49. The van der Waals surface area contributed by atoms with Gasteiger partial charge in [-0.05, 0) is 19.4 Å². The second kappa shape index (κ2) is 4.60. The van der Waals surface area contributed by atoms with Gasteiger partial charge < -0.3 is 10.1 Å². The summed E-state index contributed by atoms with van der Waals surface area (Å²) < 4.78 is 5.47. The highest BCUT2D eigenvalue weighted by atomic mass is 16.5. The van der Waals surface area contributed by atoms with E-state index in [1.807, 2.05) is 0 Å². The lowest BCUT2D eigenvalue weighted by molar-refractivity contribution is 0.316. The molecule has 0 radical (unpaired) electrons. The van der Waals surface area contributed by atoms with Crippen LogP contribution in [0, 0.1) is 5.41 Å². The summed E-state index contributed by atoms with van der Waals surface area (Å²) in [4.78, 5) is 3.95. The molecule has 13 heavy (non-hydrogen) atoms. The SMILES string of the molecule is CCCOc1ccncc1C(C)=N. The molecular weight excluding hydrogens is 164 g/mol. The van der Waals surface area contributed by atoms with E-state index >= 15 is 0 Å². The Hall–Kier alpha value is -1.38. The molecule has 0 saturated heterocycles.